The Labute approximate surface area is 197 Å². The number of nitrogens with zero attached hydrogens (tertiary/aromatic N) is 4. The predicted octanol–water partition coefficient (Wildman–Crippen LogP) is 5.88. The third-order valence-corrected chi connectivity index (χ3v) is 5.18. The summed E-state index contributed by atoms with van der Waals surface area (Å²) in [7, 11) is 0. The van der Waals surface area contributed by atoms with Crippen molar-refractivity contribution in [2.75, 3.05) is 6.61 Å². The molecule has 0 fully saturated rings. The van der Waals surface area contributed by atoms with E-state index in [-0.39, 0.29) is 6.10 Å². The Morgan fingerprint density at radius 2 is 1.79 bits per heavy atom. The number of pyridine rings is 3. The van der Waals surface area contributed by atoms with Gasteiger partial charge in [0.05, 0.1) is 23.2 Å². The fraction of sp³-hybridized carbons (Fsp3) is 0.407. The topological polar surface area (TPSA) is 69.5 Å². The lowest BCUT2D eigenvalue weighted by molar-refractivity contribution is 0.141. The fourth-order valence-electron chi connectivity index (χ4n) is 3.45. The molecule has 0 saturated carbocycles. The Kier molecular flexibility index (Phi) is 8.52. The first-order valence-electron chi connectivity index (χ1n) is 11.6. The standard InChI is InChI=1S/C27H34N4O2/c1-7-22-17-26(33-18(2)3)20(5)27(30-22)25-15-9-12-23(29-25)13-10-16-32-31-21(6)24-14-8-11-19(4)28-24/h8-9,11-12,14-15,17-18H,7,10,13,16H2,1-6H3/b31-21+. The minimum absolute atomic E-state index is 0.107. The summed E-state index contributed by atoms with van der Waals surface area (Å²) in [5.41, 5.74) is 7.35. The zero-order chi connectivity index (χ0) is 23.8. The lowest BCUT2D eigenvalue weighted by Crippen LogP contribution is -2.09. The third-order valence-electron chi connectivity index (χ3n) is 5.18. The largest absolute Gasteiger partial charge is 0.491 e. The van der Waals surface area contributed by atoms with Crippen LogP contribution in [-0.2, 0) is 17.7 Å². The van der Waals surface area contributed by atoms with Gasteiger partial charge in [0.1, 0.15) is 18.1 Å². The van der Waals surface area contributed by atoms with Gasteiger partial charge in [-0.1, -0.05) is 24.2 Å². The summed E-state index contributed by atoms with van der Waals surface area (Å²) >= 11 is 0. The first-order valence-corrected chi connectivity index (χ1v) is 11.6. The molecule has 0 N–H and O–H groups in total. The van der Waals surface area contributed by atoms with Gasteiger partial charge in [-0.05, 0) is 78.1 Å². The second kappa shape index (κ2) is 11.5. The van der Waals surface area contributed by atoms with Crippen LogP contribution in [0.2, 0.25) is 0 Å². The van der Waals surface area contributed by atoms with Crippen LogP contribution in [0.15, 0.2) is 47.6 Å². The molecule has 0 aliphatic carbocycles. The maximum atomic E-state index is 6.03. The third kappa shape index (κ3) is 6.85. The monoisotopic (exact) mass is 446 g/mol. The molecule has 0 atom stereocenters. The van der Waals surface area contributed by atoms with Crippen molar-refractivity contribution in [3.05, 3.63) is 70.8 Å². The van der Waals surface area contributed by atoms with E-state index in [9.17, 15) is 0 Å². The highest BCUT2D eigenvalue weighted by molar-refractivity contribution is 5.96. The van der Waals surface area contributed by atoms with E-state index in [4.69, 9.17) is 19.5 Å². The second-order valence-corrected chi connectivity index (χ2v) is 8.40. The van der Waals surface area contributed by atoms with Gasteiger partial charge in [0, 0.05) is 28.7 Å². The van der Waals surface area contributed by atoms with E-state index >= 15 is 0 Å². The maximum Gasteiger partial charge on any atom is 0.126 e. The smallest absolute Gasteiger partial charge is 0.126 e. The van der Waals surface area contributed by atoms with Crippen molar-refractivity contribution < 1.29 is 9.57 Å². The SMILES string of the molecule is CCc1cc(OC(C)C)c(C)c(-c2cccc(CCCO/N=C(\C)c3cccc(C)n3)n2)n1. The van der Waals surface area contributed by atoms with E-state index in [1.807, 2.05) is 77.1 Å². The van der Waals surface area contributed by atoms with E-state index in [0.717, 1.165) is 70.5 Å². The molecule has 0 radical (unpaired) electrons. The maximum absolute atomic E-state index is 6.03. The van der Waals surface area contributed by atoms with Gasteiger partial charge in [-0.25, -0.2) is 0 Å². The minimum Gasteiger partial charge on any atom is -0.491 e. The van der Waals surface area contributed by atoms with Crippen molar-refractivity contribution in [2.45, 2.75) is 66.9 Å². The lowest BCUT2D eigenvalue weighted by atomic mass is 10.1. The average molecular weight is 447 g/mol. The number of hydrogen-bond donors (Lipinski definition) is 0. The molecule has 6 nitrogen and oxygen atoms in total. The van der Waals surface area contributed by atoms with E-state index in [1.165, 1.54) is 0 Å². The van der Waals surface area contributed by atoms with Crippen LogP contribution in [0.5, 0.6) is 5.75 Å². The first kappa shape index (κ1) is 24.4. The van der Waals surface area contributed by atoms with Crippen molar-refractivity contribution in [1.82, 2.24) is 15.0 Å². The summed E-state index contributed by atoms with van der Waals surface area (Å²) < 4.78 is 6.03. The minimum atomic E-state index is 0.107. The van der Waals surface area contributed by atoms with Crippen molar-refractivity contribution in [3.63, 3.8) is 0 Å². The zero-order valence-electron chi connectivity index (χ0n) is 20.6. The van der Waals surface area contributed by atoms with Gasteiger partial charge in [-0.3, -0.25) is 15.0 Å². The zero-order valence-corrected chi connectivity index (χ0v) is 20.6. The Hall–Kier alpha value is -3.28. The predicted molar refractivity (Wildman–Crippen MR) is 133 cm³/mol. The quantitative estimate of drug-likeness (QED) is 0.221. The Bertz CT molecular complexity index is 1110. The van der Waals surface area contributed by atoms with E-state index < -0.39 is 0 Å². The first-order chi connectivity index (χ1) is 15.9. The van der Waals surface area contributed by atoms with Crippen molar-refractivity contribution in [3.8, 4) is 17.1 Å². The highest BCUT2D eigenvalue weighted by Gasteiger charge is 2.14. The highest BCUT2D eigenvalue weighted by atomic mass is 16.6. The van der Waals surface area contributed by atoms with Gasteiger partial charge in [0.2, 0.25) is 0 Å². The molecule has 33 heavy (non-hydrogen) atoms. The molecule has 6 heteroatoms. The molecule has 3 rings (SSSR count). The molecular weight excluding hydrogens is 412 g/mol. The van der Waals surface area contributed by atoms with Crippen LogP contribution in [-0.4, -0.2) is 33.4 Å². The Morgan fingerprint density at radius 1 is 1.00 bits per heavy atom. The molecule has 0 bridgehead atoms. The summed E-state index contributed by atoms with van der Waals surface area (Å²) in [4.78, 5) is 19.7. The molecule has 3 heterocycles. The van der Waals surface area contributed by atoms with Gasteiger partial charge in [0.25, 0.3) is 0 Å². The molecule has 0 saturated heterocycles. The Balaban J connectivity index is 1.65. The number of ether oxygens (including phenoxy) is 1. The highest BCUT2D eigenvalue weighted by Crippen LogP contribution is 2.29. The van der Waals surface area contributed by atoms with E-state index in [2.05, 4.69) is 17.1 Å². The molecular formula is C27H34N4O2. The van der Waals surface area contributed by atoms with Gasteiger partial charge in [0.15, 0.2) is 0 Å². The van der Waals surface area contributed by atoms with Crippen molar-refractivity contribution >= 4 is 5.71 Å². The van der Waals surface area contributed by atoms with E-state index in [0.29, 0.717) is 6.61 Å². The number of oxime groups is 1. The van der Waals surface area contributed by atoms with Crippen LogP contribution in [0.1, 0.15) is 62.5 Å². The Morgan fingerprint density at radius 3 is 2.52 bits per heavy atom. The number of aromatic nitrogens is 3. The average Bonchev–Trinajstić information content (AvgIpc) is 2.80. The van der Waals surface area contributed by atoms with Crippen LogP contribution >= 0.6 is 0 Å². The molecule has 0 spiro atoms. The molecule has 0 amide bonds. The summed E-state index contributed by atoms with van der Waals surface area (Å²) in [5, 5.41) is 4.21. The number of hydrogen-bond acceptors (Lipinski definition) is 6. The molecule has 174 valence electrons. The van der Waals surface area contributed by atoms with Crippen LogP contribution in [0.25, 0.3) is 11.4 Å². The fourth-order valence-corrected chi connectivity index (χ4v) is 3.45. The normalized spacial score (nSPS) is 11.7. The van der Waals surface area contributed by atoms with Crippen molar-refractivity contribution in [2.24, 2.45) is 5.16 Å². The summed E-state index contributed by atoms with van der Waals surface area (Å²) in [6.45, 7) is 12.6. The second-order valence-electron chi connectivity index (χ2n) is 8.40. The molecule has 3 aromatic rings. The van der Waals surface area contributed by atoms with Crippen LogP contribution in [0.3, 0.4) is 0 Å². The van der Waals surface area contributed by atoms with Crippen LogP contribution in [0, 0.1) is 13.8 Å². The summed E-state index contributed by atoms with van der Waals surface area (Å²) in [5.74, 6) is 0.879. The van der Waals surface area contributed by atoms with Gasteiger partial charge in [-0.2, -0.15) is 0 Å². The summed E-state index contributed by atoms with van der Waals surface area (Å²) in [6.07, 6.45) is 2.57. The lowest BCUT2D eigenvalue weighted by Gasteiger charge is -2.16. The van der Waals surface area contributed by atoms with Gasteiger partial charge < -0.3 is 9.57 Å². The van der Waals surface area contributed by atoms with E-state index in [1.54, 1.807) is 0 Å². The molecule has 0 aliphatic rings. The van der Waals surface area contributed by atoms with Crippen molar-refractivity contribution in [1.29, 1.82) is 0 Å². The number of rotatable bonds is 10. The van der Waals surface area contributed by atoms with Gasteiger partial charge >= 0.3 is 0 Å². The van der Waals surface area contributed by atoms with Crippen LogP contribution in [0.4, 0.5) is 0 Å². The van der Waals surface area contributed by atoms with Crippen LogP contribution < -0.4 is 4.74 Å². The van der Waals surface area contributed by atoms with Gasteiger partial charge in [-0.15, -0.1) is 0 Å². The summed E-state index contributed by atoms with van der Waals surface area (Å²) in [6, 6.07) is 14.0. The molecule has 0 aromatic carbocycles. The molecule has 3 aromatic heterocycles. The molecule has 0 aliphatic heterocycles. The number of aryl methyl sites for hydroxylation is 3. The molecule has 0 unspecified atom stereocenters.